The van der Waals surface area contributed by atoms with Crippen LogP contribution in [0, 0.1) is 17.6 Å². The van der Waals surface area contributed by atoms with Gasteiger partial charge in [0.2, 0.25) is 10.0 Å². The van der Waals surface area contributed by atoms with Crippen LogP contribution in [-0.4, -0.2) is 68.7 Å². The van der Waals surface area contributed by atoms with Crippen molar-refractivity contribution in [3.63, 3.8) is 0 Å². The summed E-state index contributed by atoms with van der Waals surface area (Å²) in [7, 11) is -0.628. The third kappa shape index (κ3) is 7.43. The topological polar surface area (TPSA) is 70.1 Å². The van der Waals surface area contributed by atoms with E-state index in [0.29, 0.717) is 11.6 Å². The van der Waals surface area contributed by atoms with Gasteiger partial charge in [-0.15, -0.1) is 0 Å². The predicted molar refractivity (Wildman–Crippen MR) is 125 cm³/mol. The fraction of sp³-hybridized carbons (Fsp3) is 0.478. The molecule has 0 aliphatic rings. The summed E-state index contributed by atoms with van der Waals surface area (Å²) < 4.78 is 60.9. The quantitative estimate of drug-likeness (QED) is 0.476. The van der Waals surface area contributed by atoms with Crippen molar-refractivity contribution in [3.05, 3.63) is 64.7 Å². The number of nitrogens with zero attached hydrogens (tertiary/aromatic N) is 2. The zero-order chi connectivity index (χ0) is 24.8. The molecule has 2 aromatic carbocycles. The Balaban J connectivity index is 2.16. The molecule has 0 unspecified atom stereocenters. The summed E-state index contributed by atoms with van der Waals surface area (Å²) in [6, 6.07) is 8.49. The fourth-order valence-corrected chi connectivity index (χ4v) is 5.41. The van der Waals surface area contributed by atoms with Gasteiger partial charge in [0, 0.05) is 43.4 Å². The first-order valence-corrected chi connectivity index (χ1v) is 12.3. The Morgan fingerprint density at radius 3 is 2.30 bits per heavy atom. The Morgan fingerprint density at radius 2 is 1.73 bits per heavy atom. The predicted octanol–water partition coefficient (Wildman–Crippen LogP) is 3.77. The van der Waals surface area contributed by atoms with Gasteiger partial charge in [-0.05, 0) is 62.4 Å². The number of hydrogen-bond donors (Lipinski definition) is 1. The highest BCUT2D eigenvalue weighted by Crippen LogP contribution is 2.23. The van der Waals surface area contributed by atoms with Crippen LogP contribution >= 0.6 is 11.6 Å². The summed E-state index contributed by atoms with van der Waals surface area (Å²) in [4.78, 5) is 1.86. The Bertz CT molecular complexity index is 1010. The molecular formula is C23H31ClF2N2O4S. The van der Waals surface area contributed by atoms with Crippen molar-refractivity contribution in [1.82, 2.24) is 9.21 Å². The van der Waals surface area contributed by atoms with Gasteiger partial charge in [-0.3, -0.25) is 4.90 Å². The highest BCUT2D eigenvalue weighted by Gasteiger charge is 2.32. The van der Waals surface area contributed by atoms with Crippen LogP contribution in [-0.2, 0) is 21.3 Å². The van der Waals surface area contributed by atoms with Gasteiger partial charge in [0.25, 0.3) is 0 Å². The molecule has 0 aliphatic heterocycles. The van der Waals surface area contributed by atoms with Gasteiger partial charge in [-0.1, -0.05) is 18.5 Å². The molecular weight excluding hydrogens is 474 g/mol. The lowest BCUT2D eigenvalue weighted by Crippen LogP contribution is -2.46. The van der Waals surface area contributed by atoms with E-state index in [4.69, 9.17) is 16.3 Å². The van der Waals surface area contributed by atoms with E-state index in [0.717, 1.165) is 18.2 Å². The first-order valence-electron chi connectivity index (χ1n) is 10.5. The van der Waals surface area contributed by atoms with Gasteiger partial charge in [0.05, 0.1) is 17.6 Å². The van der Waals surface area contributed by atoms with Crippen molar-refractivity contribution >= 4 is 21.6 Å². The number of aliphatic hydroxyl groups excluding tert-OH is 1. The van der Waals surface area contributed by atoms with Crippen LogP contribution in [0.3, 0.4) is 0 Å². The second kappa shape index (κ2) is 12.2. The molecule has 0 spiro atoms. The molecule has 0 bridgehead atoms. The molecule has 2 rings (SSSR count). The Kier molecular flexibility index (Phi) is 10.2. The van der Waals surface area contributed by atoms with Crippen LogP contribution in [0.15, 0.2) is 47.4 Å². The second-order valence-corrected chi connectivity index (χ2v) is 10.6. The number of halogens is 3. The van der Waals surface area contributed by atoms with Gasteiger partial charge >= 0.3 is 0 Å². The van der Waals surface area contributed by atoms with Gasteiger partial charge in [0.1, 0.15) is 11.6 Å². The van der Waals surface area contributed by atoms with E-state index in [1.165, 1.54) is 35.7 Å². The molecule has 0 aromatic heterocycles. The molecule has 0 radical (unpaired) electrons. The van der Waals surface area contributed by atoms with Crippen LogP contribution in [0.4, 0.5) is 8.78 Å². The van der Waals surface area contributed by atoms with Crippen molar-refractivity contribution in [2.24, 2.45) is 5.92 Å². The average Bonchev–Trinajstić information content (AvgIpc) is 2.77. The van der Waals surface area contributed by atoms with Crippen LogP contribution in [0.5, 0.6) is 0 Å². The summed E-state index contributed by atoms with van der Waals surface area (Å²) in [6.07, 6.45) is -0.402. The Morgan fingerprint density at radius 1 is 1.09 bits per heavy atom. The van der Waals surface area contributed by atoms with E-state index in [9.17, 15) is 22.3 Å². The van der Waals surface area contributed by atoms with Crippen LogP contribution < -0.4 is 0 Å². The zero-order valence-electron chi connectivity index (χ0n) is 19.2. The number of likely N-dealkylation sites (N-methyl/N-ethyl adjacent to an activating group) is 1. The van der Waals surface area contributed by atoms with Gasteiger partial charge < -0.3 is 9.84 Å². The summed E-state index contributed by atoms with van der Waals surface area (Å²) in [5, 5.41) is 10.1. The zero-order valence-corrected chi connectivity index (χ0v) is 20.8. The standard InChI is InChI=1S/C23H31ClF2N2O4S/c1-16(23(32-4)14-27(3)13-18-11-20(25)7-10-22(18)26)12-28(17(2)15-29)33(30,31)21-8-5-19(24)6-9-21/h5-11,16-17,23,29H,12-15H2,1-4H3/t16-,17+,23+/m1/s1. The number of methoxy groups -OCH3 is 1. The summed E-state index contributed by atoms with van der Waals surface area (Å²) in [5.74, 6) is -1.29. The highest BCUT2D eigenvalue weighted by molar-refractivity contribution is 7.89. The normalized spacial score (nSPS) is 15.1. The van der Waals surface area contributed by atoms with Gasteiger partial charge in [0.15, 0.2) is 0 Å². The number of aliphatic hydroxyl groups is 1. The van der Waals surface area contributed by atoms with Crippen LogP contribution in [0.2, 0.25) is 5.02 Å². The van der Waals surface area contributed by atoms with E-state index in [1.54, 1.807) is 18.9 Å². The minimum Gasteiger partial charge on any atom is -0.395 e. The molecule has 0 amide bonds. The Hall–Kier alpha value is -1.62. The smallest absolute Gasteiger partial charge is 0.243 e. The van der Waals surface area contributed by atoms with Gasteiger partial charge in [-0.2, -0.15) is 4.31 Å². The van der Waals surface area contributed by atoms with E-state index in [2.05, 4.69) is 0 Å². The van der Waals surface area contributed by atoms with Crippen molar-refractivity contribution < 1.29 is 27.0 Å². The molecule has 0 heterocycles. The van der Waals surface area contributed by atoms with E-state index >= 15 is 0 Å². The molecule has 0 saturated heterocycles. The lowest BCUT2D eigenvalue weighted by molar-refractivity contribution is 0.0219. The summed E-state index contributed by atoms with van der Waals surface area (Å²) >= 11 is 5.89. The van der Waals surface area contributed by atoms with E-state index < -0.39 is 33.8 Å². The molecule has 0 fully saturated rings. The second-order valence-electron chi connectivity index (χ2n) is 8.24. The maximum Gasteiger partial charge on any atom is 0.243 e. The number of ether oxygens (including phenoxy) is 1. The molecule has 0 aliphatic carbocycles. The minimum absolute atomic E-state index is 0.0760. The van der Waals surface area contributed by atoms with Crippen molar-refractivity contribution in [1.29, 1.82) is 0 Å². The number of rotatable bonds is 12. The number of sulfonamides is 1. The highest BCUT2D eigenvalue weighted by atomic mass is 35.5. The minimum atomic E-state index is -3.90. The molecule has 1 N–H and O–H groups in total. The number of benzene rings is 2. The first kappa shape index (κ1) is 27.6. The maximum atomic E-state index is 14.0. The van der Waals surface area contributed by atoms with Crippen molar-refractivity contribution in [2.45, 2.75) is 37.4 Å². The number of hydrogen-bond acceptors (Lipinski definition) is 5. The molecule has 3 atom stereocenters. The largest absolute Gasteiger partial charge is 0.395 e. The average molecular weight is 505 g/mol. The maximum absolute atomic E-state index is 14.0. The van der Waals surface area contributed by atoms with E-state index in [1.807, 2.05) is 6.92 Å². The lowest BCUT2D eigenvalue weighted by Gasteiger charge is -2.33. The first-order chi connectivity index (χ1) is 15.5. The van der Waals surface area contributed by atoms with Crippen molar-refractivity contribution in [2.75, 3.05) is 33.9 Å². The third-order valence-corrected chi connectivity index (χ3v) is 7.77. The van der Waals surface area contributed by atoms with Crippen LogP contribution in [0.1, 0.15) is 19.4 Å². The molecule has 184 valence electrons. The third-order valence-electron chi connectivity index (χ3n) is 5.52. The SMILES string of the molecule is CO[C@@H](CN(C)Cc1cc(F)ccc1F)[C@H](C)CN([C@@H](C)CO)S(=O)(=O)c1ccc(Cl)cc1. The molecule has 33 heavy (non-hydrogen) atoms. The van der Waals surface area contributed by atoms with Gasteiger partial charge in [-0.25, -0.2) is 17.2 Å². The fourth-order valence-electron chi connectivity index (χ4n) is 3.56. The summed E-state index contributed by atoms with van der Waals surface area (Å²) in [6.45, 7) is 3.73. The summed E-state index contributed by atoms with van der Waals surface area (Å²) in [5.41, 5.74) is 0.223. The van der Waals surface area contributed by atoms with Crippen LogP contribution in [0.25, 0.3) is 0 Å². The molecule has 10 heteroatoms. The van der Waals surface area contributed by atoms with Crippen molar-refractivity contribution in [3.8, 4) is 0 Å². The molecule has 0 saturated carbocycles. The molecule has 2 aromatic rings. The Labute approximate surface area is 199 Å². The monoisotopic (exact) mass is 504 g/mol. The van der Waals surface area contributed by atoms with E-state index in [-0.39, 0.29) is 36.1 Å². The molecule has 6 nitrogen and oxygen atoms in total. The lowest BCUT2D eigenvalue weighted by atomic mass is 10.0.